The fraction of sp³-hybridized carbons (Fsp3) is 0.429. The Morgan fingerprint density at radius 1 is 1.00 bits per heavy atom. The lowest BCUT2D eigenvalue weighted by Gasteiger charge is -2.20. The molecule has 0 bridgehead atoms. The Morgan fingerprint density at radius 2 is 1.66 bits per heavy atom. The minimum absolute atomic E-state index is 0.0574. The number of nitrogens with zero attached hydrogens (tertiary/aromatic N) is 5. The summed E-state index contributed by atoms with van der Waals surface area (Å²) in [5, 5.41) is 0. The Hall–Kier alpha value is -2.84. The lowest BCUT2D eigenvalue weighted by atomic mass is 10.1. The summed E-state index contributed by atoms with van der Waals surface area (Å²) < 4.78 is 14.5. The zero-order chi connectivity index (χ0) is 20.0. The average Bonchev–Trinajstić information content (AvgIpc) is 3.28. The molecule has 29 heavy (non-hydrogen) atoms. The van der Waals surface area contributed by atoms with Gasteiger partial charge < -0.3 is 18.9 Å². The molecule has 2 saturated heterocycles. The number of rotatable bonds is 2. The van der Waals surface area contributed by atoms with Crippen molar-refractivity contribution in [2.75, 3.05) is 26.3 Å². The number of benzene rings is 1. The third-order valence-corrected chi connectivity index (χ3v) is 5.82. The minimum atomic E-state index is -0.135. The third kappa shape index (κ3) is 3.18. The Bertz CT molecular complexity index is 1030. The molecule has 4 heterocycles. The standard InChI is InChI=1S/C21H23N5O3/c1-13-20(14(2)23-11-22-13)21(27)25-7-18-19(8-25)29-10-15(9-28-18)26-12-24-16-5-3-4-6-17(16)26/h3-6,11-12,15,18-19H,7-10H2,1-2H3/t18-,19-/m0/s1. The zero-order valence-corrected chi connectivity index (χ0v) is 16.5. The van der Waals surface area contributed by atoms with E-state index < -0.39 is 0 Å². The average molecular weight is 393 g/mol. The largest absolute Gasteiger partial charge is 0.371 e. The van der Waals surface area contributed by atoms with E-state index in [-0.39, 0.29) is 24.2 Å². The van der Waals surface area contributed by atoms with Crippen molar-refractivity contribution in [1.82, 2.24) is 24.4 Å². The van der Waals surface area contributed by atoms with E-state index in [2.05, 4.69) is 25.6 Å². The number of aromatic nitrogens is 4. The summed E-state index contributed by atoms with van der Waals surface area (Å²) in [6.07, 6.45) is 3.06. The molecule has 8 nitrogen and oxygen atoms in total. The summed E-state index contributed by atoms with van der Waals surface area (Å²) in [6, 6.07) is 8.11. The Balaban J connectivity index is 1.30. The summed E-state index contributed by atoms with van der Waals surface area (Å²) in [4.78, 5) is 27.6. The molecule has 1 amide bonds. The molecule has 0 unspecified atom stereocenters. The second-order valence-corrected chi connectivity index (χ2v) is 7.67. The maximum Gasteiger partial charge on any atom is 0.257 e. The summed E-state index contributed by atoms with van der Waals surface area (Å²) >= 11 is 0. The van der Waals surface area contributed by atoms with Gasteiger partial charge >= 0.3 is 0 Å². The minimum Gasteiger partial charge on any atom is -0.371 e. The summed E-state index contributed by atoms with van der Waals surface area (Å²) in [7, 11) is 0. The van der Waals surface area contributed by atoms with Crippen molar-refractivity contribution < 1.29 is 14.3 Å². The number of carbonyl (C=O) groups excluding carboxylic acids is 1. The number of hydrogen-bond acceptors (Lipinski definition) is 6. The predicted octanol–water partition coefficient (Wildman–Crippen LogP) is 1.92. The predicted molar refractivity (Wildman–Crippen MR) is 106 cm³/mol. The van der Waals surface area contributed by atoms with E-state index in [1.807, 2.05) is 38.4 Å². The maximum absolute atomic E-state index is 13.0. The summed E-state index contributed by atoms with van der Waals surface area (Å²) in [5.41, 5.74) is 4.01. The molecular formula is C21H23N5O3. The van der Waals surface area contributed by atoms with Crippen LogP contribution in [0.15, 0.2) is 36.9 Å². The number of para-hydroxylation sites is 2. The van der Waals surface area contributed by atoms with Gasteiger partial charge in [-0.3, -0.25) is 4.79 Å². The smallest absolute Gasteiger partial charge is 0.257 e. The molecule has 0 saturated carbocycles. The molecule has 1 aromatic carbocycles. The normalized spacial score (nSPS) is 22.6. The molecule has 8 heteroatoms. The summed E-state index contributed by atoms with van der Waals surface area (Å²) in [5.74, 6) is -0.0574. The van der Waals surface area contributed by atoms with E-state index in [9.17, 15) is 4.79 Å². The fourth-order valence-corrected chi connectivity index (χ4v) is 4.24. The van der Waals surface area contributed by atoms with E-state index in [1.54, 1.807) is 4.90 Å². The number of likely N-dealkylation sites (tertiary alicyclic amines) is 1. The monoisotopic (exact) mass is 393 g/mol. The number of imidazole rings is 1. The van der Waals surface area contributed by atoms with Crippen LogP contribution >= 0.6 is 0 Å². The van der Waals surface area contributed by atoms with Crippen molar-refractivity contribution >= 4 is 16.9 Å². The van der Waals surface area contributed by atoms with Gasteiger partial charge in [-0.05, 0) is 26.0 Å². The highest BCUT2D eigenvalue weighted by Crippen LogP contribution is 2.27. The SMILES string of the molecule is Cc1ncnc(C)c1C(=O)N1C[C@@H]2OCC(n3cnc4ccccc43)CO[C@H]2C1. The van der Waals surface area contributed by atoms with Crippen LogP contribution in [0.3, 0.4) is 0 Å². The van der Waals surface area contributed by atoms with E-state index in [1.165, 1.54) is 6.33 Å². The molecule has 0 spiro atoms. The van der Waals surface area contributed by atoms with E-state index >= 15 is 0 Å². The van der Waals surface area contributed by atoms with E-state index in [4.69, 9.17) is 9.47 Å². The molecule has 5 rings (SSSR count). The molecule has 150 valence electrons. The molecule has 2 fully saturated rings. The van der Waals surface area contributed by atoms with Gasteiger partial charge in [-0.15, -0.1) is 0 Å². The molecule has 2 aromatic heterocycles. The van der Waals surface area contributed by atoms with Gasteiger partial charge in [-0.2, -0.15) is 0 Å². The van der Waals surface area contributed by atoms with Crippen LogP contribution in [0.4, 0.5) is 0 Å². The highest BCUT2D eigenvalue weighted by atomic mass is 16.6. The van der Waals surface area contributed by atoms with Crippen LogP contribution in [-0.4, -0.2) is 68.8 Å². The van der Waals surface area contributed by atoms with Gasteiger partial charge in [0, 0.05) is 13.1 Å². The van der Waals surface area contributed by atoms with Crippen LogP contribution in [0.5, 0.6) is 0 Å². The van der Waals surface area contributed by atoms with Crippen LogP contribution in [0.1, 0.15) is 27.8 Å². The van der Waals surface area contributed by atoms with E-state index in [0.29, 0.717) is 43.3 Å². The molecule has 0 N–H and O–H groups in total. The van der Waals surface area contributed by atoms with Gasteiger partial charge in [-0.1, -0.05) is 12.1 Å². The van der Waals surface area contributed by atoms with Crippen molar-refractivity contribution in [1.29, 1.82) is 0 Å². The van der Waals surface area contributed by atoms with Crippen molar-refractivity contribution in [2.24, 2.45) is 0 Å². The van der Waals surface area contributed by atoms with Crippen LogP contribution in [-0.2, 0) is 9.47 Å². The third-order valence-electron chi connectivity index (χ3n) is 5.82. The molecule has 2 aliphatic heterocycles. The maximum atomic E-state index is 13.0. The first kappa shape index (κ1) is 18.2. The Morgan fingerprint density at radius 3 is 2.34 bits per heavy atom. The second-order valence-electron chi connectivity index (χ2n) is 7.67. The highest BCUT2D eigenvalue weighted by Gasteiger charge is 2.40. The fourth-order valence-electron chi connectivity index (χ4n) is 4.24. The number of ether oxygens (including phenoxy) is 2. The van der Waals surface area contributed by atoms with Gasteiger partial charge in [-0.25, -0.2) is 15.0 Å². The number of hydrogen-bond donors (Lipinski definition) is 0. The number of carbonyl (C=O) groups is 1. The van der Waals surface area contributed by atoms with Gasteiger partial charge in [0.2, 0.25) is 0 Å². The van der Waals surface area contributed by atoms with Crippen LogP contribution in [0, 0.1) is 13.8 Å². The molecule has 2 aliphatic rings. The first-order valence-electron chi connectivity index (χ1n) is 9.84. The Kier molecular flexibility index (Phi) is 4.52. The van der Waals surface area contributed by atoms with Crippen LogP contribution in [0.25, 0.3) is 11.0 Å². The van der Waals surface area contributed by atoms with Gasteiger partial charge in [0.25, 0.3) is 5.91 Å². The highest BCUT2D eigenvalue weighted by molar-refractivity contribution is 5.96. The van der Waals surface area contributed by atoms with E-state index in [0.717, 1.165) is 11.0 Å². The van der Waals surface area contributed by atoms with Crippen molar-refractivity contribution in [3.05, 3.63) is 53.9 Å². The van der Waals surface area contributed by atoms with Crippen molar-refractivity contribution in [2.45, 2.75) is 32.1 Å². The van der Waals surface area contributed by atoms with Gasteiger partial charge in [0.05, 0.1) is 53.6 Å². The molecule has 0 radical (unpaired) electrons. The molecule has 3 aromatic rings. The van der Waals surface area contributed by atoms with Crippen molar-refractivity contribution in [3.8, 4) is 0 Å². The Labute approximate surface area is 168 Å². The molecular weight excluding hydrogens is 370 g/mol. The lowest BCUT2D eigenvalue weighted by molar-refractivity contribution is -0.00461. The molecule has 0 aliphatic carbocycles. The van der Waals surface area contributed by atoms with Crippen LogP contribution < -0.4 is 0 Å². The topological polar surface area (TPSA) is 82.4 Å². The molecule has 2 atom stereocenters. The second kappa shape index (κ2) is 7.20. The first-order valence-corrected chi connectivity index (χ1v) is 9.84. The number of aryl methyl sites for hydroxylation is 2. The number of fused-ring (bicyclic) bond motifs is 2. The van der Waals surface area contributed by atoms with Crippen LogP contribution in [0.2, 0.25) is 0 Å². The van der Waals surface area contributed by atoms with Gasteiger partial charge in [0.1, 0.15) is 18.5 Å². The zero-order valence-electron chi connectivity index (χ0n) is 16.5. The van der Waals surface area contributed by atoms with Gasteiger partial charge in [0.15, 0.2) is 0 Å². The first-order chi connectivity index (χ1) is 14.1. The van der Waals surface area contributed by atoms with Crippen molar-refractivity contribution in [3.63, 3.8) is 0 Å². The number of amides is 1. The summed E-state index contributed by atoms with van der Waals surface area (Å²) in [6.45, 7) is 5.74. The quantitative estimate of drug-likeness (QED) is 0.662. The lowest BCUT2D eigenvalue weighted by Crippen LogP contribution is -2.32.